The molecule has 5 nitrogen and oxygen atoms in total. The van der Waals surface area contributed by atoms with Gasteiger partial charge in [0.25, 0.3) is 5.91 Å². The zero-order valence-corrected chi connectivity index (χ0v) is 15.3. The molecule has 28 heavy (non-hydrogen) atoms. The van der Waals surface area contributed by atoms with Crippen molar-refractivity contribution in [2.75, 3.05) is 6.54 Å². The molecule has 1 heterocycles. The Balaban J connectivity index is 1.61. The molecule has 3 aromatic carbocycles. The maximum Gasteiger partial charge on any atom is 0.274 e. The van der Waals surface area contributed by atoms with Crippen molar-refractivity contribution in [3.05, 3.63) is 102 Å². The van der Waals surface area contributed by atoms with E-state index in [0.717, 1.165) is 17.7 Å². The zero-order valence-electron chi connectivity index (χ0n) is 15.3. The third-order valence-corrected chi connectivity index (χ3v) is 4.48. The van der Waals surface area contributed by atoms with E-state index in [4.69, 9.17) is 0 Å². The van der Waals surface area contributed by atoms with Crippen LogP contribution in [-0.2, 0) is 6.42 Å². The minimum Gasteiger partial charge on any atom is -0.350 e. The Bertz CT molecular complexity index is 1040. The average molecular weight is 368 g/mol. The topological polar surface area (TPSA) is 59.8 Å². The van der Waals surface area contributed by atoms with Gasteiger partial charge < -0.3 is 5.32 Å². The molecule has 1 aromatic heterocycles. The lowest BCUT2D eigenvalue weighted by molar-refractivity contribution is 0.0950. The van der Waals surface area contributed by atoms with Gasteiger partial charge in [0.05, 0.1) is 5.69 Å². The fraction of sp³-hybridized carbons (Fsp3) is 0.0870. The molecule has 0 aliphatic rings. The van der Waals surface area contributed by atoms with Crippen molar-refractivity contribution in [3.8, 4) is 16.9 Å². The molecule has 4 rings (SSSR count). The molecule has 0 aliphatic heterocycles. The molecular formula is C23H20N4O. The molecule has 0 radical (unpaired) electrons. The molecular weight excluding hydrogens is 348 g/mol. The van der Waals surface area contributed by atoms with Gasteiger partial charge in [-0.2, -0.15) is 0 Å². The number of amides is 1. The van der Waals surface area contributed by atoms with Crippen molar-refractivity contribution in [2.45, 2.75) is 6.42 Å². The van der Waals surface area contributed by atoms with Gasteiger partial charge in [0, 0.05) is 12.1 Å². The third-order valence-electron chi connectivity index (χ3n) is 4.48. The van der Waals surface area contributed by atoms with Gasteiger partial charge in [-0.15, -0.1) is 5.10 Å². The van der Waals surface area contributed by atoms with E-state index in [1.807, 2.05) is 91.0 Å². The molecule has 4 aromatic rings. The van der Waals surface area contributed by atoms with Crippen LogP contribution in [0.25, 0.3) is 16.9 Å². The molecule has 0 atom stereocenters. The van der Waals surface area contributed by atoms with Crippen molar-refractivity contribution in [2.24, 2.45) is 0 Å². The van der Waals surface area contributed by atoms with Gasteiger partial charge in [-0.3, -0.25) is 4.79 Å². The summed E-state index contributed by atoms with van der Waals surface area (Å²) in [5, 5.41) is 11.4. The van der Waals surface area contributed by atoms with E-state index in [0.29, 0.717) is 17.9 Å². The second-order valence-electron chi connectivity index (χ2n) is 6.39. The summed E-state index contributed by atoms with van der Waals surface area (Å²) >= 11 is 0. The molecule has 138 valence electrons. The monoisotopic (exact) mass is 368 g/mol. The van der Waals surface area contributed by atoms with Crippen molar-refractivity contribution < 1.29 is 4.79 Å². The summed E-state index contributed by atoms with van der Waals surface area (Å²) in [5.74, 6) is -0.225. The summed E-state index contributed by atoms with van der Waals surface area (Å²) in [6.45, 7) is 0.537. The highest BCUT2D eigenvalue weighted by Crippen LogP contribution is 2.25. The number of carbonyl (C=O) groups excluding carboxylic acids is 1. The van der Waals surface area contributed by atoms with Crippen LogP contribution in [0.3, 0.4) is 0 Å². The number of para-hydroxylation sites is 1. The molecule has 1 N–H and O–H groups in total. The Hall–Kier alpha value is -3.73. The lowest BCUT2D eigenvalue weighted by Crippen LogP contribution is -2.26. The van der Waals surface area contributed by atoms with Crippen LogP contribution in [0.2, 0.25) is 0 Å². The number of hydrogen-bond donors (Lipinski definition) is 1. The van der Waals surface area contributed by atoms with Crippen molar-refractivity contribution in [1.29, 1.82) is 0 Å². The molecule has 0 saturated heterocycles. The highest BCUT2D eigenvalue weighted by Gasteiger charge is 2.21. The maximum absolute atomic E-state index is 12.8. The van der Waals surface area contributed by atoms with Gasteiger partial charge in [0.2, 0.25) is 0 Å². The van der Waals surface area contributed by atoms with Crippen LogP contribution in [0.1, 0.15) is 16.1 Å². The Morgan fingerprint density at radius 2 is 1.43 bits per heavy atom. The number of aromatic nitrogens is 3. The molecule has 5 heteroatoms. The Labute approximate surface area is 163 Å². The van der Waals surface area contributed by atoms with Crippen LogP contribution in [0.4, 0.5) is 0 Å². The van der Waals surface area contributed by atoms with Crippen molar-refractivity contribution >= 4 is 5.91 Å². The van der Waals surface area contributed by atoms with Gasteiger partial charge in [0.1, 0.15) is 5.69 Å². The average Bonchev–Trinajstić information content (AvgIpc) is 3.21. The summed E-state index contributed by atoms with van der Waals surface area (Å²) in [5.41, 5.74) is 3.94. The highest BCUT2D eigenvalue weighted by atomic mass is 16.2. The number of hydrogen-bond acceptors (Lipinski definition) is 3. The van der Waals surface area contributed by atoms with Crippen LogP contribution in [0, 0.1) is 0 Å². The van der Waals surface area contributed by atoms with Gasteiger partial charge in [-0.05, 0) is 24.1 Å². The molecule has 0 fully saturated rings. The second-order valence-corrected chi connectivity index (χ2v) is 6.39. The third kappa shape index (κ3) is 3.83. The first-order valence-corrected chi connectivity index (χ1v) is 9.21. The summed E-state index contributed by atoms with van der Waals surface area (Å²) < 4.78 is 1.71. The Morgan fingerprint density at radius 1 is 0.821 bits per heavy atom. The SMILES string of the molecule is O=C(NCCc1ccccc1)c1nnn(-c2ccccc2)c1-c1ccccc1. The summed E-state index contributed by atoms with van der Waals surface area (Å²) in [4.78, 5) is 12.8. The number of rotatable bonds is 6. The fourth-order valence-corrected chi connectivity index (χ4v) is 3.09. The molecule has 0 spiro atoms. The van der Waals surface area contributed by atoms with Crippen LogP contribution < -0.4 is 5.32 Å². The van der Waals surface area contributed by atoms with E-state index >= 15 is 0 Å². The van der Waals surface area contributed by atoms with Crippen LogP contribution in [-0.4, -0.2) is 27.4 Å². The lowest BCUT2D eigenvalue weighted by Gasteiger charge is -2.09. The summed E-state index contributed by atoms with van der Waals surface area (Å²) in [6, 6.07) is 29.5. The summed E-state index contributed by atoms with van der Waals surface area (Å²) in [6.07, 6.45) is 0.764. The van der Waals surface area contributed by atoms with E-state index in [1.54, 1.807) is 4.68 Å². The zero-order chi connectivity index (χ0) is 19.2. The van der Waals surface area contributed by atoms with E-state index in [1.165, 1.54) is 5.56 Å². The Morgan fingerprint density at radius 3 is 2.11 bits per heavy atom. The Kier molecular flexibility index (Phi) is 5.24. The van der Waals surface area contributed by atoms with E-state index < -0.39 is 0 Å². The summed E-state index contributed by atoms with van der Waals surface area (Å²) in [7, 11) is 0. The standard InChI is InChI=1S/C23H20N4O/c28-23(24-17-16-18-10-4-1-5-11-18)21-22(19-12-6-2-7-13-19)27(26-25-21)20-14-8-3-9-15-20/h1-15H,16-17H2,(H,24,28). The molecule has 0 bridgehead atoms. The molecule has 0 unspecified atom stereocenters. The first-order chi connectivity index (χ1) is 13.8. The first kappa shape index (κ1) is 17.7. The molecule has 0 saturated carbocycles. The lowest BCUT2D eigenvalue weighted by atomic mass is 10.1. The predicted octanol–water partition coefficient (Wildman–Crippen LogP) is 3.91. The normalized spacial score (nSPS) is 10.6. The van der Waals surface area contributed by atoms with Gasteiger partial charge in [-0.1, -0.05) is 84.1 Å². The maximum atomic E-state index is 12.8. The first-order valence-electron chi connectivity index (χ1n) is 9.21. The fourth-order valence-electron chi connectivity index (χ4n) is 3.09. The largest absolute Gasteiger partial charge is 0.350 e. The van der Waals surface area contributed by atoms with E-state index in [2.05, 4.69) is 15.6 Å². The molecule has 1 amide bonds. The molecule has 0 aliphatic carbocycles. The number of carbonyl (C=O) groups is 1. The number of benzene rings is 3. The predicted molar refractivity (Wildman–Crippen MR) is 109 cm³/mol. The minimum absolute atomic E-state index is 0.225. The number of nitrogens with one attached hydrogen (secondary N) is 1. The minimum atomic E-state index is -0.225. The van der Waals surface area contributed by atoms with Crippen LogP contribution in [0.5, 0.6) is 0 Å². The van der Waals surface area contributed by atoms with Crippen LogP contribution in [0.15, 0.2) is 91.0 Å². The second kappa shape index (κ2) is 8.31. The van der Waals surface area contributed by atoms with Gasteiger partial charge in [-0.25, -0.2) is 4.68 Å². The quantitative estimate of drug-likeness (QED) is 0.561. The highest BCUT2D eigenvalue weighted by molar-refractivity contribution is 5.98. The smallest absolute Gasteiger partial charge is 0.274 e. The van der Waals surface area contributed by atoms with Gasteiger partial charge >= 0.3 is 0 Å². The van der Waals surface area contributed by atoms with Crippen molar-refractivity contribution in [1.82, 2.24) is 20.3 Å². The van der Waals surface area contributed by atoms with Crippen LogP contribution >= 0.6 is 0 Å². The van der Waals surface area contributed by atoms with E-state index in [9.17, 15) is 4.79 Å². The van der Waals surface area contributed by atoms with Gasteiger partial charge in [0.15, 0.2) is 5.69 Å². The van der Waals surface area contributed by atoms with Crippen molar-refractivity contribution in [3.63, 3.8) is 0 Å². The number of nitrogens with zero attached hydrogens (tertiary/aromatic N) is 3. The van der Waals surface area contributed by atoms with E-state index in [-0.39, 0.29) is 5.91 Å².